The van der Waals surface area contributed by atoms with Gasteiger partial charge in [-0.25, -0.2) is 18.7 Å². The van der Waals surface area contributed by atoms with Gasteiger partial charge in [0, 0.05) is 77.8 Å². The topological polar surface area (TPSA) is 164 Å². The number of ether oxygens (including phenoxy) is 1. The highest BCUT2D eigenvalue weighted by atomic mass is 19.3. The number of halogens is 2. The SMILES string of the molecule is C/C=C/C(=O)CCC(=O)N1CCC(CC(=O)N2CCN(c3nc(-c4cnc(N)nc4C(F)F)nc(N4CCOCC4)n3)CC2)CC1. The summed E-state index contributed by atoms with van der Waals surface area (Å²) in [5.74, 6) is 0.589. The molecule has 2 aromatic heterocycles. The molecule has 3 fully saturated rings. The number of hydrogen-bond acceptors (Lipinski definition) is 12. The smallest absolute Gasteiger partial charge is 0.281 e. The van der Waals surface area contributed by atoms with Crippen LogP contribution in [-0.4, -0.2) is 118 Å². The van der Waals surface area contributed by atoms with E-state index in [1.807, 2.05) is 14.7 Å². The molecule has 0 aromatic carbocycles. The Hall–Kier alpha value is -4.34. The van der Waals surface area contributed by atoms with Crippen LogP contribution in [0.2, 0.25) is 0 Å². The van der Waals surface area contributed by atoms with Crippen molar-refractivity contribution in [1.82, 2.24) is 34.7 Å². The number of carbonyl (C=O) groups excluding carboxylic acids is 3. The van der Waals surface area contributed by atoms with Crippen LogP contribution in [0.25, 0.3) is 11.4 Å². The van der Waals surface area contributed by atoms with Crippen molar-refractivity contribution in [2.75, 3.05) is 81.1 Å². The zero-order chi connectivity index (χ0) is 32.6. The maximum Gasteiger partial charge on any atom is 0.281 e. The highest BCUT2D eigenvalue weighted by Crippen LogP contribution is 2.30. The summed E-state index contributed by atoms with van der Waals surface area (Å²) in [5, 5.41) is 0. The van der Waals surface area contributed by atoms with Gasteiger partial charge >= 0.3 is 0 Å². The van der Waals surface area contributed by atoms with Gasteiger partial charge in [0.2, 0.25) is 29.7 Å². The van der Waals surface area contributed by atoms with Gasteiger partial charge in [0.25, 0.3) is 6.43 Å². The minimum atomic E-state index is -2.91. The Kier molecular flexibility index (Phi) is 11.0. The molecule has 2 N–H and O–H groups in total. The molecule has 3 aliphatic rings. The van der Waals surface area contributed by atoms with Crippen LogP contribution < -0.4 is 15.5 Å². The zero-order valence-corrected chi connectivity index (χ0v) is 26.0. The van der Waals surface area contributed by atoms with E-state index in [0.29, 0.717) is 83.9 Å². The van der Waals surface area contributed by atoms with Crippen molar-refractivity contribution >= 4 is 35.4 Å². The molecule has 248 valence electrons. The Morgan fingerprint density at radius 1 is 0.891 bits per heavy atom. The summed E-state index contributed by atoms with van der Waals surface area (Å²) in [4.78, 5) is 66.2. The van der Waals surface area contributed by atoms with Crippen LogP contribution in [0.3, 0.4) is 0 Å². The first-order valence-corrected chi connectivity index (χ1v) is 15.7. The van der Waals surface area contributed by atoms with E-state index in [9.17, 15) is 23.2 Å². The van der Waals surface area contributed by atoms with E-state index >= 15 is 0 Å². The third-order valence-corrected chi connectivity index (χ3v) is 8.47. The Morgan fingerprint density at radius 3 is 2.15 bits per heavy atom. The molecule has 14 nitrogen and oxygen atoms in total. The molecular formula is C30H40F2N10O4. The number of aromatic nitrogens is 5. The Bertz CT molecular complexity index is 1420. The minimum absolute atomic E-state index is 0.0219. The maximum atomic E-state index is 13.9. The van der Waals surface area contributed by atoms with Crippen LogP contribution in [0.5, 0.6) is 0 Å². The Morgan fingerprint density at radius 2 is 1.52 bits per heavy atom. The molecule has 3 saturated heterocycles. The zero-order valence-electron chi connectivity index (χ0n) is 26.0. The quantitative estimate of drug-likeness (QED) is 0.375. The van der Waals surface area contributed by atoms with Gasteiger partial charge in [0.1, 0.15) is 5.69 Å². The van der Waals surface area contributed by atoms with Gasteiger partial charge in [0.05, 0.1) is 18.8 Å². The van der Waals surface area contributed by atoms with E-state index in [2.05, 4.69) is 24.9 Å². The van der Waals surface area contributed by atoms with Gasteiger partial charge in [-0.05, 0) is 31.8 Å². The van der Waals surface area contributed by atoms with Crippen molar-refractivity contribution in [3.8, 4) is 11.4 Å². The summed E-state index contributed by atoms with van der Waals surface area (Å²) in [6.45, 7) is 6.80. The monoisotopic (exact) mass is 642 g/mol. The van der Waals surface area contributed by atoms with Gasteiger partial charge in [0.15, 0.2) is 11.6 Å². The predicted molar refractivity (Wildman–Crippen MR) is 165 cm³/mol. The number of carbonyl (C=O) groups is 3. The second-order valence-corrected chi connectivity index (χ2v) is 11.5. The molecule has 0 saturated carbocycles. The Labute approximate surface area is 266 Å². The average Bonchev–Trinajstić information content (AvgIpc) is 3.08. The molecule has 16 heteroatoms. The number of nitrogens with two attached hydrogens (primary N) is 1. The predicted octanol–water partition coefficient (Wildman–Crippen LogP) is 1.89. The number of hydrogen-bond donors (Lipinski definition) is 1. The van der Waals surface area contributed by atoms with E-state index < -0.39 is 12.1 Å². The fraction of sp³-hybridized carbons (Fsp3) is 0.600. The second-order valence-electron chi connectivity index (χ2n) is 11.5. The lowest BCUT2D eigenvalue weighted by Gasteiger charge is -2.37. The van der Waals surface area contributed by atoms with Crippen molar-refractivity contribution in [3.63, 3.8) is 0 Å². The van der Waals surface area contributed by atoms with Crippen LogP contribution in [-0.2, 0) is 19.1 Å². The third kappa shape index (κ3) is 8.27. The first-order chi connectivity index (χ1) is 22.2. The van der Waals surface area contributed by atoms with Crippen LogP contribution in [0.15, 0.2) is 18.3 Å². The van der Waals surface area contributed by atoms with Crippen LogP contribution in [0.1, 0.15) is 51.1 Å². The van der Waals surface area contributed by atoms with Gasteiger partial charge in [-0.2, -0.15) is 15.0 Å². The molecule has 2 aromatic rings. The molecule has 0 atom stereocenters. The van der Waals surface area contributed by atoms with Gasteiger partial charge < -0.3 is 30.1 Å². The van der Waals surface area contributed by atoms with Crippen molar-refractivity contribution in [3.05, 3.63) is 24.0 Å². The maximum absolute atomic E-state index is 13.9. The third-order valence-electron chi connectivity index (χ3n) is 8.47. The Balaban J connectivity index is 1.19. The van der Waals surface area contributed by atoms with Gasteiger partial charge in [-0.1, -0.05) is 6.08 Å². The lowest BCUT2D eigenvalue weighted by atomic mass is 9.92. The molecule has 3 aliphatic heterocycles. The van der Waals surface area contributed by atoms with Crippen LogP contribution in [0.4, 0.5) is 26.6 Å². The van der Waals surface area contributed by atoms with Crippen molar-refractivity contribution in [2.45, 2.75) is 45.5 Å². The van der Waals surface area contributed by atoms with E-state index in [1.54, 1.807) is 17.9 Å². The van der Waals surface area contributed by atoms with Crippen molar-refractivity contribution < 1.29 is 27.9 Å². The molecule has 0 bridgehead atoms. The minimum Gasteiger partial charge on any atom is -0.378 e. The summed E-state index contributed by atoms with van der Waals surface area (Å²) in [6.07, 6.45) is 3.76. The number of allylic oxidation sites excluding steroid dienone is 2. The normalized spacial score (nSPS) is 18.1. The molecular weight excluding hydrogens is 602 g/mol. The van der Waals surface area contributed by atoms with Crippen LogP contribution in [0, 0.1) is 5.92 Å². The fourth-order valence-electron chi connectivity index (χ4n) is 5.84. The number of morpholine rings is 1. The summed E-state index contributed by atoms with van der Waals surface area (Å²) in [5.41, 5.74) is 5.01. The highest BCUT2D eigenvalue weighted by molar-refractivity contribution is 5.92. The highest BCUT2D eigenvalue weighted by Gasteiger charge is 2.30. The molecule has 0 unspecified atom stereocenters. The number of piperazine rings is 1. The number of likely N-dealkylation sites (tertiary alicyclic amines) is 1. The van der Waals surface area contributed by atoms with E-state index in [1.165, 1.54) is 12.3 Å². The fourth-order valence-corrected chi connectivity index (χ4v) is 5.84. The summed E-state index contributed by atoms with van der Waals surface area (Å²) in [7, 11) is 0. The first kappa shape index (κ1) is 33.0. The standard InChI is InChI=1S/C30H40F2N10O4/c1-2-3-21(43)4-5-23(44)39-8-6-20(7-9-39)18-24(45)40-10-12-41(13-11-40)29-36-27(22-19-34-28(33)35-25(22)26(31)32)37-30(38-29)42-14-16-46-17-15-42/h2-3,19-20,26H,4-18H2,1H3,(H2,33,34,35)/b3-2+. The lowest BCUT2D eigenvalue weighted by Crippen LogP contribution is -2.50. The number of nitrogen functional groups attached to an aromatic ring is 1. The van der Waals surface area contributed by atoms with E-state index in [-0.39, 0.29) is 53.7 Å². The van der Waals surface area contributed by atoms with Gasteiger partial charge in [-0.3, -0.25) is 14.4 Å². The first-order valence-electron chi connectivity index (χ1n) is 15.7. The molecule has 46 heavy (non-hydrogen) atoms. The van der Waals surface area contributed by atoms with E-state index in [4.69, 9.17) is 10.5 Å². The average molecular weight is 643 g/mol. The molecule has 2 amide bonds. The number of ketones is 1. The second kappa shape index (κ2) is 15.3. The van der Waals surface area contributed by atoms with Gasteiger partial charge in [-0.15, -0.1) is 0 Å². The summed E-state index contributed by atoms with van der Waals surface area (Å²) < 4.78 is 33.3. The number of piperidine rings is 1. The van der Waals surface area contributed by atoms with Crippen molar-refractivity contribution in [1.29, 1.82) is 0 Å². The molecule has 0 aliphatic carbocycles. The van der Waals surface area contributed by atoms with Crippen LogP contribution >= 0.6 is 0 Å². The number of alkyl halides is 2. The molecule has 5 rings (SSSR count). The largest absolute Gasteiger partial charge is 0.378 e. The number of rotatable bonds is 10. The summed E-state index contributed by atoms with van der Waals surface area (Å²) >= 11 is 0. The molecule has 5 heterocycles. The number of amides is 2. The van der Waals surface area contributed by atoms with E-state index in [0.717, 1.165) is 12.8 Å². The molecule has 0 radical (unpaired) electrons. The molecule has 0 spiro atoms. The lowest BCUT2D eigenvalue weighted by molar-refractivity contribution is -0.135. The summed E-state index contributed by atoms with van der Waals surface area (Å²) in [6, 6.07) is 0. The van der Waals surface area contributed by atoms with Crippen molar-refractivity contribution in [2.24, 2.45) is 5.92 Å². The number of nitrogens with zero attached hydrogens (tertiary/aromatic N) is 9. The number of anilines is 3.